The van der Waals surface area contributed by atoms with Crippen LogP contribution in [0.15, 0.2) is 54.7 Å². The number of aromatic hydroxyl groups is 1. The van der Waals surface area contributed by atoms with Crippen molar-refractivity contribution in [2.75, 3.05) is 68.2 Å². The summed E-state index contributed by atoms with van der Waals surface area (Å²) in [7, 11) is 1.47. The van der Waals surface area contributed by atoms with E-state index in [2.05, 4.69) is 101 Å². The number of para-hydroxylation sites is 1. The van der Waals surface area contributed by atoms with Crippen molar-refractivity contribution in [1.82, 2.24) is 106 Å². The molecule has 0 aliphatic carbocycles. The number of rotatable bonds is 46. The Labute approximate surface area is 848 Å². The third-order valence-electron chi connectivity index (χ3n) is 23.0. The van der Waals surface area contributed by atoms with Gasteiger partial charge in [0.15, 0.2) is 17.9 Å². The highest BCUT2D eigenvalue weighted by molar-refractivity contribution is 8.76. The van der Waals surface area contributed by atoms with E-state index >= 15 is 38.4 Å². The van der Waals surface area contributed by atoms with Crippen molar-refractivity contribution in [3.63, 3.8) is 0 Å². The second kappa shape index (κ2) is 61.7. The minimum Gasteiger partial charge on any atom is -0.508 e. The number of aliphatic hydroxyl groups excluding tert-OH is 1. The summed E-state index contributed by atoms with van der Waals surface area (Å²) in [6.07, 6.45) is -1.24. The fourth-order valence-electron chi connectivity index (χ4n) is 15.1. The van der Waals surface area contributed by atoms with Gasteiger partial charge >= 0.3 is 17.9 Å². The van der Waals surface area contributed by atoms with E-state index in [0.717, 1.165) is 33.4 Å². The molecule has 3 unspecified atom stereocenters. The number of hydrogen-bond donors (Lipinski definition) is 31. The number of phenols is 1. The van der Waals surface area contributed by atoms with Crippen molar-refractivity contribution in [1.29, 1.82) is 16.2 Å². The van der Waals surface area contributed by atoms with Gasteiger partial charge < -0.3 is 154 Å². The summed E-state index contributed by atoms with van der Waals surface area (Å²) in [4.78, 5) is 279. The van der Waals surface area contributed by atoms with Crippen LogP contribution in [0.5, 0.6) is 5.75 Å². The van der Waals surface area contributed by atoms with E-state index in [1.54, 1.807) is 50.6 Å². The smallest absolute Gasteiger partial charge is 0.326 e. The van der Waals surface area contributed by atoms with Crippen molar-refractivity contribution in [3.8, 4) is 5.75 Å². The summed E-state index contributed by atoms with van der Waals surface area (Å²) in [6, 6.07) is -14.5. The normalized spacial score (nSPS) is 20.7. The molecule has 2 saturated heterocycles. The van der Waals surface area contributed by atoms with Gasteiger partial charge in [-0.1, -0.05) is 93.5 Å². The highest BCUT2D eigenvalue weighted by atomic mass is 33.1. The Morgan fingerprint density at radius 2 is 1.06 bits per heavy atom. The van der Waals surface area contributed by atoms with Crippen molar-refractivity contribution >= 4 is 186 Å². The van der Waals surface area contributed by atoms with Gasteiger partial charge in [-0.25, -0.2) is 4.79 Å². The fourth-order valence-corrected chi connectivity index (χ4v) is 18.3. The number of aromatic amines is 1. The first-order valence-electron chi connectivity index (χ1n) is 46.8. The largest absolute Gasteiger partial charge is 0.508 e. The molecule has 1 aromatic heterocycles. The molecule has 144 heavy (non-hydrogen) atoms. The van der Waals surface area contributed by atoms with Gasteiger partial charge in [-0.2, -0.15) is 23.5 Å². The number of nitrogens with zero attached hydrogens (tertiary/aromatic N) is 1. The molecule has 55 heteroatoms. The maximum atomic E-state index is 15.9. The summed E-state index contributed by atoms with van der Waals surface area (Å²) >= 11 is 2.43. The number of nitrogens with two attached hydrogens (primary N) is 4. The summed E-state index contributed by atoms with van der Waals surface area (Å²) in [5.41, 5.74) is 23.9. The number of nitrogens with one attached hydrogen (secondary N) is 22. The molecule has 2 aliphatic rings. The average molecular weight is 2100 g/mol. The zero-order valence-electron chi connectivity index (χ0n) is 81.6. The van der Waals surface area contributed by atoms with Crippen LogP contribution in [0.25, 0.3) is 10.9 Å². The molecule has 3 heterocycles. The van der Waals surface area contributed by atoms with Crippen LogP contribution in [0.1, 0.15) is 143 Å². The van der Waals surface area contributed by atoms with Crippen LogP contribution in [-0.4, -0.2) is 337 Å². The van der Waals surface area contributed by atoms with E-state index < -0.39 is 295 Å². The molecule has 2 fully saturated rings. The number of guanidine groups is 3. The molecule has 2 aliphatic heterocycles. The highest BCUT2D eigenvalue weighted by Gasteiger charge is 2.44. The number of phenolic OH excluding ortho intramolecular Hbond substituents is 1. The van der Waals surface area contributed by atoms with Gasteiger partial charge in [0.05, 0.1) is 25.1 Å². The fraction of sp³-hybridized carbons (Fsp3) is 0.596. The number of benzene rings is 2. The molecule has 3 aromatic rings. The zero-order valence-corrected chi connectivity index (χ0v) is 84.9. The Balaban J connectivity index is 1.80. The predicted molar refractivity (Wildman–Crippen MR) is 538 cm³/mol. The van der Waals surface area contributed by atoms with Gasteiger partial charge in [-0.15, -0.1) is 0 Å². The minimum absolute atomic E-state index is 0.00796. The third-order valence-corrected chi connectivity index (χ3v) is 26.7. The number of hydrogen-bond acceptors (Lipinski definition) is 29. The van der Waals surface area contributed by atoms with E-state index in [1.807, 2.05) is 0 Å². The molecule has 51 nitrogen and oxygen atoms in total. The molecule has 0 spiro atoms. The molecular weight excluding hydrogens is 1960 g/mol. The molecule has 0 saturated carbocycles. The van der Waals surface area contributed by atoms with Gasteiger partial charge in [-0.3, -0.25) is 103 Å². The number of thioether (sulfide) groups is 2. The van der Waals surface area contributed by atoms with E-state index in [1.165, 1.54) is 81.7 Å². The number of amides is 16. The lowest BCUT2D eigenvalue weighted by molar-refractivity contribution is -0.144. The Hall–Kier alpha value is -13.2. The number of fused-ring (bicyclic) bond motifs is 2. The van der Waals surface area contributed by atoms with Crippen LogP contribution in [0.2, 0.25) is 0 Å². The molecule has 2 aromatic carbocycles. The van der Waals surface area contributed by atoms with Gasteiger partial charge in [0, 0.05) is 74.0 Å². The molecular formula is C89H139N27O24S4. The lowest BCUT2D eigenvalue weighted by atomic mass is 9.99. The van der Waals surface area contributed by atoms with Gasteiger partial charge in [0.25, 0.3) is 0 Å². The number of carbonyl (C=O) groups excluding carboxylic acids is 16. The SMILES string of the molecule is CSCCC1NC(=O)[C@@H](NC(=O)[C@H](CCCNC(=N)N)NC(=O)[C@H](CCSC)NC(=O)[C@@H](NC(=O)[C@@H](N)CC(=O)O)[C@@H](C)O)CSSC[C@@H](C(=O)N[C@@H](Cc2c[nH]c3ccccc23)C(=O)N[C@@H](CCC(=O)O)C(=O)N[C@H](C(=O)O)C(C)C)NC(=O)C2CCCN2C(=O)[C@H](CCCNC(=N)N)NC(=O)C(Cc2ccc(O)cc2)NC(=O)[C@H](C(C)C)NC(=O)[C@H](CCCNC(=N)N)NC(=O)CNC(=O)[C@H](C(C)C)NC1=O. The number of aliphatic carboxylic acids is 3. The van der Waals surface area contributed by atoms with E-state index in [9.17, 15) is 78.3 Å². The molecule has 0 bridgehead atoms. The van der Waals surface area contributed by atoms with Gasteiger partial charge in [0.2, 0.25) is 94.5 Å². The highest BCUT2D eigenvalue weighted by Crippen LogP contribution is 2.28. The molecule has 16 amide bonds. The number of carboxylic acids is 3. The van der Waals surface area contributed by atoms with Crippen LogP contribution in [-0.2, 0) is 104 Å². The number of H-pyrrole nitrogens is 1. The molecule has 5 rings (SSSR count). The molecule has 798 valence electrons. The lowest BCUT2D eigenvalue weighted by Crippen LogP contribution is -2.61. The first-order valence-corrected chi connectivity index (χ1v) is 52.0. The third kappa shape index (κ3) is 41.7. The first kappa shape index (κ1) is 121. The standard InChI is InChI=1S/C89H139N27O24S4/c1-43(2)67-82(135)101-40-64(119)102-53(18-12-30-97-87(91)92)74(127)113-68(44(3)4)83(136)109-59(36-47-22-24-49(118)25-23-47)77(130)107-58(20-14-32-99-89(95)96)85(138)116-33-15-21-63(116)81(134)111-62(80(133)108-60(37-48-39-100-52-17-11-10-16-50(48)52)78(131)104-55(26-27-65(120)121)75(128)114-69(45(5)6)86(139)140)42-144-143-41-61(79(132)105-57(29-35-142-9)76(129)112-67)110-72(125)54(19-13-31-98-88(93)94)103-73(126)56(28-34-141-8)106-84(137)70(46(7)117)115-71(124)51(90)38-66(122)123/h10-11,16-17,22-25,39,43-46,51,53-63,67-70,100,117-118H,12-15,18-21,26-38,40-42,90H2,1-9H3,(H,101,135)(H,102,119)(H,103,126)(H,104,131)(H,105,132)(H,106,137)(H,107,130)(H,108,133)(H,109,136)(H,110,125)(H,111,134)(H,112,129)(H,113,127)(H,114,128)(H,115,124)(H,120,121)(H,122,123)(H,139,140)(H4,91,92,97)(H4,93,94,98)(H4,95,96,99)/t46-,51+,53+,54+,55+,56+,57?,58+,59?,60+,61+,62+,63?,67+,68+,69+,70+/m1/s1. The predicted octanol–water partition coefficient (Wildman–Crippen LogP) is -5.66. The number of aliphatic hydroxyl groups is 1. The van der Waals surface area contributed by atoms with Crippen LogP contribution in [0.4, 0.5) is 0 Å². The Kier molecular flexibility index (Phi) is 52.0. The molecule has 0 radical (unpaired) electrons. The van der Waals surface area contributed by atoms with Gasteiger partial charge in [0.1, 0.15) is 96.4 Å². The number of carbonyl (C=O) groups is 19. The summed E-state index contributed by atoms with van der Waals surface area (Å²) in [5, 5.41) is 121. The molecule has 35 N–H and O–H groups in total. The second-order valence-corrected chi connectivity index (χ2v) is 40.0. The first-order chi connectivity index (χ1) is 68.0. The minimum atomic E-state index is -1.89. The van der Waals surface area contributed by atoms with E-state index in [4.69, 9.17) is 39.2 Å². The Morgan fingerprint density at radius 1 is 0.535 bits per heavy atom. The van der Waals surface area contributed by atoms with Gasteiger partial charge in [-0.05, 0) is 149 Å². The number of aromatic nitrogens is 1. The lowest BCUT2D eigenvalue weighted by Gasteiger charge is -2.31. The topological polar surface area (TPSA) is 837 Å². The number of carboxylic acid groups (broad SMARTS) is 3. The van der Waals surface area contributed by atoms with Crippen molar-refractivity contribution in [2.45, 2.75) is 248 Å². The summed E-state index contributed by atoms with van der Waals surface area (Å²) < 4.78 is 0. The van der Waals surface area contributed by atoms with E-state index in [0.29, 0.717) is 22.0 Å². The van der Waals surface area contributed by atoms with Crippen LogP contribution in [0.3, 0.4) is 0 Å². The van der Waals surface area contributed by atoms with Crippen LogP contribution >= 0.6 is 45.1 Å². The second-order valence-electron chi connectivity index (χ2n) is 35.5. The van der Waals surface area contributed by atoms with E-state index in [-0.39, 0.29) is 114 Å². The van der Waals surface area contributed by atoms with Crippen molar-refractivity contribution in [3.05, 3.63) is 65.9 Å². The van der Waals surface area contributed by atoms with Crippen molar-refractivity contribution in [2.24, 2.45) is 40.7 Å². The Bertz CT molecular complexity index is 4960. The van der Waals surface area contributed by atoms with Crippen molar-refractivity contribution < 1.29 is 117 Å². The summed E-state index contributed by atoms with van der Waals surface area (Å²) in [5.74, 6) is -26.2. The quantitative estimate of drug-likeness (QED) is 0.0108. The zero-order chi connectivity index (χ0) is 107. The Morgan fingerprint density at radius 3 is 1.64 bits per heavy atom. The van der Waals surface area contributed by atoms with Crippen LogP contribution in [0, 0.1) is 34.0 Å². The maximum absolute atomic E-state index is 15.9. The molecule has 17 atom stereocenters. The van der Waals surface area contributed by atoms with Crippen LogP contribution < -0.4 is 119 Å². The monoisotopic (exact) mass is 2100 g/mol. The summed E-state index contributed by atoms with van der Waals surface area (Å²) in [6.45, 7) is 8.99. The average Bonchev–Trinajstić information content (AvgIpc) is 1.56. The maximum Gasteiger partial charge on any atom is 0.326 e.